The lowest BCUT2D eigenvalue weighted by Crippen LogP contribution is -2.40. The van der Waals surface area contributed by atoms with Gasteiger partial charge < -0.3 is 5.32 Å². The summed E-state index contributed by atoms with van der Waals surface area (Å²) in [4.78, 5) is 17.3. The summed E-state index contributed by atoms with van der Waals surface area (Å²) in [6.45, 7) is 1.75. The summed E-state index contributed by atoms with van der Waals surface area (Å²) in [6, 6.07) is 19.1. The van der Waals surface area contributed by atoms with Gasteiger partial charge in [-0.15, -0.1) is 10.2 Å². The van der Waals surface area contributed by atoms with Crippen LogP contribution in [0, 0.1) is 0 Å². The first-order chi connectivity index (χ1) is 14.9. The first-order valence-corrected chi connectivity index (χ1v) is 12.6. The average Bonchev–Trinajstić information content (AvgIpc) is 3.13. The van der Waals surface area contributed by atoms with Gasteiger partial charge in [-0.3, -0.25) is 4.79 Å². The molecule has 1 amide bonds. The van der Waals surface area contributed by atoms with Crippen molar-refractivity contribution in [3.63, 3.8) is 0 Å². The Hall–Kier alpha value is -2.78. The number of carbonyl (C=O) groups excluding carboxylic acids is 1. The molecule has 0 bridgehead atoms. The summed E-state index contributed by atoms with van der Waals surface area (Å²) in [6.07, 6.45) is 0.452. The molecule has 0 spiro atoms. The van der Waals surface area contributed by atoms with E-state index in [1.807, 2.05) is 60.7 Å². The number of hydrogen-bond acceptors (Lipinski definition) is 7. The van der Waals surface area contributed by atoms with Gasteiger partial charge in [-0.2, -0.15) is 0 Å². The molecule has 0 aliphatic carbocycles. The molecule has 0 saturated carbocycles. The maximum atomic E-state index is 12.6. The molecular formula is C22H22N4O3S2. The third-order valence-electron chi connectivity index (χ3n) is 4.99. The molecule has 3 aromatic rings. The van der Waals surface area contributed by atoms with Gasteiger partial charge in [0.15, 0.2) is 9.84 Å². The van der Waals surface area contributed by atoms with Crippen molar-refractivity contribution in [1.29, 1.82) is 0 Å². The Morgan fingerprint density at radius 1 is 1.00 bits per heavy atom. The van der Waals surface area contributed by atoms with E-state index in [1.54, 1.807) is 6.92 Å². The lowest BCUT2D eigenvalue weighted by atomic mass is 10.0. The van der Waals surface area contributed by atoms with Gasteiger partial charge in [0, 0.05) is 17.2 Å². The maximum absolute atomic E-state index is 12.6. The number of aromatic nitrogens is 3. The molecule has 31 heavy (non-hydrogen) atoms. The Labute approximate surface area is 185 Å². The molecule has 2 aromatic carbocycles. The highest BCUT2D eigenvalue weighted by Gasteiger charge is 2.30. The van der Waals surface area contributed by atoms with E-state index in [1.165, 1.54) is 11.8 Å². The van der Waals surface area contributed by atoms with Gasteiger partial charge in [0.25, 0.3) is 0 Å². The minimum atomic E-state index is -3.05. The Balaban J connectivity index is 1.56. The number of sulfone groups is 1. The number of rotatable bonds is 6. The smallest absolute Gasteiger partial charge is 0.233 e. The Bertz CT molecular complexity index is 1170. The van der Waals surface area contributed by atoms with Crippen molar-refractivity contribution in [2.24, 2.45) is 0 Å². The highest BCUT2D eigenvalue weighted by Crippen LogP contribution is 2.30. The van der Waals surface area contributed by atoms with Gasteiger partial charge in [0.05, 0.1) is 16.8 Å². The molecule has 160 valence electrons. The molecule has 0 radical (unpaired) electrons. The van der Waals surface area contributed by atoms with Gasteiger partial charge in [0.2, 0.25) is 11.1 Å². The molecule has 4 rings (SSSR count). The van der Waals surface area contributed by atoms with Crippen LogP contribution in [0.1, 0.15) is 13.3 Å². The van der Waals surface area contributed by atoms with Gasteiger partial charge in [-0.1, -0.05) is 72.4 Å². The van der Waals surface area contributed by atoms with Crippen LogP contribution >= 0.6 is 11.8 Å². The molecule has 1 aliphatic rings. The number of thioether (sulfide) groups is 1. The number of carbonyl (C=O) groups is 1. The molecule has 2 heterocycles. The minimum absolute atomic E-state index is 0.00187. The van der Waals surface area contributed by atoms with Crippen molar-refractivity contribution in [2.45, 2.75) is 29.8 Å². The fourth-order valence-electron chi connectivity index (χ4n) is 3.39. The van der Waals surface area contributed by atoms with Crippen molar-refractivity contribution in [1.82, 2.24) is 20.5 Å². The van der Waals surface area contributed by atoms with Crippen LogP contribution < -0.4 is 5.32 Å². The molecule has 2 atom stereocenters. The summed E-state index contributed by atoms with van der Waals surface area (Å²) in [7, 11) is -3.05. The van der Waals surface area contributed by atoms with Crippen molar-refractivity contribution in [3.05, 3.63) is 60.7 Å². The molecule has 7 nitrogen and oxygen atoms in total. The number of nitrogens with one attached hydrogen (secondary N) is 1. The first kappa shape index (κ1) is 21.5. The molecule has 1 N–H and O–H groups in total. The van der Waals surface area contributed by atoms with Crippen molar-refractivity contribution < 1.29 is 13.2 Å². The van der Waals surface area contributed by atoms with Crippen LogP contribution in [0.15, 0.2) is 65.8 Å². The van der Waals surface area contributed by atoms with E-state index in [-0.39, 0.29) is 23.5 Å². The predicted octanol–water partition coefficient (Wildman–Crippen LogP) is 2.99. The Kier molecular flexibility index (Phi) is 6.33. The quantitative estimate of drug-likeness (QED) is 0.571. The van der Waals surface area contributed by atoms with E-state index in [0.717, 1.165) is 11.1 Å². The Morgan fingerprint density at radius 2 is 1.61 bits per heavy atom. The second-order valence-corrected chi connectivity index (χ2v) is 10.9. The third kappa shape index (κ3) is 5.29. The molecule has 9 heteroatoms. The van der Waals surface area contributed by atoms with Crippen LogP contribution in [0.25, 0.3) is 22.5 Å². The monoisotopic (exact) mass is 454 g/mol. The SMILES string of the molecule is C[C@H](Sc1nnc(-c2ccccc2)c(-c2ccccc2)n1)C(=O)N[C@H]1CCS(=O)(=O)C1. The van der Waals surface area contributed by atoms with Crippen LogP contribution in [0.3, 0.4) is 0 Å². The average molecular weight is 455 g/mol. The number of hydrogen-bond donors (Lipinski definition) is 1. The zero-order valence-corrected chi connectivity index (χ0v) is 18.6. The van der Waals surface area contributed by atoms with Crippen molar-refractivity contribution in [3.8, 4) is 22.5 Å². The molecule has 0 unspecified atom stereocenters. The molecule has 1 aromatic heterocycles. The lowest BCUT2D eigenvalue weighted by molar-refractivity contribution is -0.120. The van der Waals surface area contributed by atoms with Gasteiger partial charge in [0.1, 0.15) is 11.4 Å². The normalized spacial score (nSPS) is 18.4. The minimum Gasteiger partial charge on any atom is -0.351 e. The fraction of sp³-hybridized carbons (Fsp3) is 0.273. The topological polar surface area (TPSA) is 102 Å². The Morgan fingerprint density at radius 3 is 2.19 bits per heavy atom. The van der Waals surface area contributed by atoms with Gasteiger partial charge >= 0.3 is 0 Å². The van der Waals surface area contributed by atoms with E-state index in [2.05, 4.69) is 15.5 Å². The highest BCUT2D eigenvalue weighted by atomic mass is 32.2. The second-order valence-electron chi connectivity index (χ2n) is 7.39. The van der Waals surface area contributed by atoms with Gasteiger partial charge in [-0.05, 0) is 13.3 Å². The number of amides is 1. The van der Waals surface area contributed by atoms with Crippen molar-refractivity contribution >= 4 is 27.5 Å². The summed E-state index contributed by atoms with van der Waals surface area (Å²) in [5.41, 5.74) is 3.18. The largest absolute Gasteiger partial charge is 0.351 e. The molecule has 1 fully saturated rings. The van der Waals surface area contributed by atoms with Crippen molar-refractivity contribution in [2.75, 3.05) is 11.5 Å². The van der Waals surface area contributed by atoms with E-state index in [0.29, 0.717) is 23.0 Å². The van der Waals surface area contributed by atoms with E-state index < -0.39 is 15.1 Å². The lowest BCUT2D eigenvalue weighted by Gasteiger charge is -2.15. The van der Waals surface area contributed by atoms with E-state index >= 15 is 0 Å². The summed E-state index contributed by atoms with van der Waals surface area (Å²) in [5, 5.41) is 11.4. The number of nitrogens with zero attached hydrogens (tertiary/aromatic N) is 3. The van der Waals surface area contributed by atoms with Crippen LogP contribution in [0.4, 0.5) is 0 Å². The summed E-state index contributed by atoms with van der Waals surface area (Å²) >= 11 is 1.20. The van der Waals surface area contributed by atoms with Crippen LogP contribution in [0.2, 0.25) is 0 Å². The summed E-state index contributed by atoms with van der Waals surface area (Å²) < 4.78 is 23.2. The van der Waals surface area contributed by atoms with Crippen LogP contribution in [-0.4, -0.2) is 52.3 Å². The molecular weight excluding hydrogens is 432 g/mol. The zero-order valence-electron chi connectivity index (χ0n) is 16.9. The fourth-order valence-corrected chi connectivity index (χ4v) is 5.78. The highest BCUT2D eigenvalue weighted by molar-refractivity contribution is 8.00. The zero-order chi connectivity index (χ0) is 21.8. The maximum Gasteiger partial charge on any atom is 0.233 e. The second kappa shape index (κ2) is 9.15. The molecule has 1 saturated heterocycles. The van der Waals surface area contributed by atoms with E-state index in [9.17, 15) is 13.2 Å². The van der Waals surface area contributed by atoms with Gasteiger partial charge in [-0.25, -0.2) is 13.4 Å². The summed E-state index contributed by atoms with van der Waals surface area (Å²) in [5.74, 6) is -0.115. The molecule has 1 aliphatic heterocycles. The third-order valence-corrected chi connectivity index (χ3v) is 7.71. The number of benzene rings is 2. The van der Waals surface area contributed by atoms with Crippen LogP contribution in [-0.2, 0) is 14.6 Å². The van der Waals surface area contributed by atoms with Crippen LogP contribution in [0.5, 0.6) is 0 Å². The first-order valence-electron chi connectivity index (χ1n) is 9.94. The predicted molar refractivity (Wildman–Crippen MR) is 121 cm³/mol. The van der Waals surface area contributed by atoms with E-state index in [4.69, 9.17) is 4.98 Å². The standard InChI is InChI=1S/C22H22N4O3S2/c1-15(21(27)23-18-12-13-31(28,29)14-18)30-22-24-19(16-8-4-2-5-9-16)20(25-26-22)17-10-6-3-7-11-17/h2-11,15,18H,12-14H2,1H3,(H,23,27)/t15-,18-/m0/s1.